The molecule has 4 aromatic rings. The number of nitrogens with zero attached hydrogens (tertiary/aromatic N) is 6. The van der Waals surface area contributed by atoms with E-state index in [1.54, 1.807) is 0 Å². The highest BCUT2D eigenvalue weighted by atomic mass is 16.5. The zero-order valence-electron chi connectivity index (χ0n) is 20.5. The van der Waals surface area contributed by atoms with Crippen molar-refractivity contribution in [2.24, 2.45) is 0 Å². The van der Waals surface area contributed by atoms with E-state index >= 15 is 0 Å². The Morgan fingerprint density at radius 1 is 1.08 bits per heavy atom. The quantitative estimate of drug-likeness (QED) is 0.449. The Balaban J connectivity index is 1.37. The number of hydrogen-bond acceptors (Lipinski definition) is 7. The fourth-order valence-corrected chi connectivity index (χ4v) is 5.44. The summed E-state index contributed by atoms with van der Waals surface area (Å²) in [7, 11) is 0. The van der Waals surface area contributed by atoms with E-state index < -0.39 is 0 Å². The maximum Gasteiger partial charge on any atom is 0.253 e. The molecule has 0 spiro atoms. The predicted octanol–water partition coefficient (Wildman–Crippen LogP) is 2.91. The number of anilines is 1. The lowest BCUT2D eigenvalue weighted by Gasteiger charge is -2.39. The van der Waals surface area contributed by atoms with Crippen LogP contribution in [-0.2, 0) is 11.3 Å². The fraction of sp³-hybridized carbons (Fsp3) is 0.407. The molecule has 0 amide bonds. The van der Waals surface area contributed by atoms with Crippen LogP contribution in [0.3, 0.4) is 0 Å². The third kappa shape index (κ3) is 4.52. The average Bonchev–Trinajstić information content (AvgIpc) is 3.59. The topological polar surface area (TPSA) is 92.2 Å². The molecule has 2 aromatic heterocycles. The third-order valence-corrected chi connectivity index (χ3v) is 7.33. The van der Waals surface area contributed by atoms with Crippen molar-refractivity contribution in [3.63, 3.8) is 0 Å². The summed E-state index contributed by atoms with van der Waals surface area (Å²) >= 11 is 0. The number of aromatic nitrogens is 5. The van der Waals surface area contributed by atoms with Crippen LogP contribution >= 0.6 is 0 Å². The van der Waals surface area contributed by atoms with E-state index in [0.717, 1.165) is 62.1 Å². The van der Waals surface area contributed by atoms with Gasteiger partial charge in [0.25, 0.3) is 5.56 Å². The highest BCUT2D eigenvalue weighted by molar-refractivity contribution is 5.79. The monoisotopic (exact) mass is 485 g/mol. The van der Waals surface area contributed by atoms with Crippen molar-refractivity contribution in [1.82, 2.24) is 30.1 Å². The standard InChI is InChI=1S/C27H31N7O2/c1-19-9-10-24-20(16-19)17-23(27(35)28-24)25(26-29-30-31-34(26)18-22-8-5-15-36-22)33-13-11-32(12-14-33)21-6-3-2-4-7-21/h2-4,6-7,9-10,16-17,22,25H,5,8,11-15,18H2,1H3,(H,28,35)/t22-,25-/m0/s1. The van der Waals surface area contributed by atoms with Crippen LogP contribution in [0.2, 0.25) is 0 Å². The van der Waals surface area contributed by atoms with E-state index in [2.05, 4.69) is 67.6 Å². The van der Waals surface area contributed by atoms with Gasteiger partial charge in [-0.05, 0) is 65.9 Å². The molecule has 0 bridgehead atoms. The highest BCUT2D eigenvalue weighted by Gasteiger charge is 2.33. The first-order valence-corrected chi connectivity index (χ1v) is 12.7. The summed E-state index contributed by atoms with van der Waals surface area (Å²) in [5.41, 5.74) is 3.77. The van der Waals surface area contributed by atoms with Crippen LogP contribution in [0.1, 0.15) is 35.8 Å². The molecule has 2 fully saturated rings. The number of aromatic amines is 1. The van der Waals surface area contributed by atoms with Gasteiger partial charge >= 0.3 is 0 Å². The van der Waals surface area contributed by atoms with Gasteiger partial charge in [0, 0.05) is 49.6 Å². The molecule has 9 nitrogen and oxygen atoms in total. The summed E-state index contributed by atoms with van der Waals surface area (Å²) in [6.07, 6.45) is 2.15. The fourth-order valence-electron chi connectivity index (χ4n) is 5.44. The molecule has 0 unspecified atom stereocenters. The summed E-state index contributed by atoms with van der Waals surface area (Å²) in [5.74, 6) is 0.691. The number of tetrazole rings is 1. The zero-order valence-corrected chi connectivity index (χ0v) is 20.5. The van der Waals surface area contributed by atoms with Crippen LogP contribution in [0.5, 0.6) is 0 Å². The lowest BCUT2D eigenvalue weighted by atomic mass is 10.0. The SMILES string of the molecule is Cc1ccc2[nH]c(=O)c([C@@H](c3nnnn3C[C@@H]3CCCO3)N3CCN(c4ccccc4)CC3)cc2c1. The number of para-hydroxylation sites is 1. The molecule has 2 atom stereocenters. The van der Waals surface area contributed by atoms with E-state index in [9.17, 15) is 4.79 Å². The minimum atomic E-state index is -0.354. The van der Waals surface area contributed by atoms with Crippen molar-refractivity contribution in [3.8, 4) is 0 Å². The molecule has 2 saturated heterocycles. The molecule has 0 radical (unpaired) electrons. The number of H-pyrrole nitrogens is 1. The minimum absolute atomic E-state index is 0.0976. The molecule has 0 aliphatic carbocycles. The van der Waals surface area contributed by atoms with Crippen LogP contribution in [0.25, 0.3) is 10.9 Å². The van der Waals surface area contributed by atoms with Crippen molar-refractivity contribution in [1.29, 1.82) is 0 Å². The molecule has 2 aromatic carbocycles. The zero-order chi connectivity index (χ0) is 24.5. The molecular weight excluding hydrogens is 454 g/mol. The van der Waals surface area contributed by atoms with Gasteiger partial charge in [-0.3, -0.25) is 9.69 Å². The summed E-state index contributed by atoms with van der Waals surface area (Å²) in [4.78, 5) is 21.3. The Bertz CT molecular complexity index is 1390. The lowest BCUT2D eigenvalue weighted by Crippen LogP contribution is -2.49. The molecule has 2 aliphatic heterocycles. The van der Waals surface area contributed by atoms with Gasteiger partial charge in [-0.15, -0.1) is 5.10 Å². The highest BCUT2D eigenvalue weighted by Crippen LogP contribution is 2.29. The Labute approximate surface area is 209 Å². The van der Waals surface area contributed by atoms with E-state index in [1.807, 2.05) is 28.9 Å². The second-order valence-electron chi connectivity index (χ2n) is 9.76. The number of hydrogen-bond donors (Lipinski definition) is 1. The van der Waals surface area contributed by atoms with Gasteiger partial charge in [-0.2, -0.15) is 0 Å². The second-order valence-corrected chi connectivity index (χ2v) is 9.76. The van der Waals surface area contributed by atoms with Gasteiger partial charge in [-0.1, -0.05) is 29.8 Å². The molecule has 1 N–H and O–H groups in total. The van der Waals surface area contributed by atoms with E-state index in [1.165, 1.54) is 5.69 Å². The van der Waals surface area contributed by atoms with E-state index in [4.69, 9.17) is 4.74 Å². The first kappa shape index (κ1) is 22.9. The summed E-state index contributed by atoms with van der Waals surface area (Å²) in [6, 6.07) is 18.2. The summed E-state index contributed by atoms with van der Waals surface area (Å²) in [5, 5.41) is 13.8. The van der Waals surface area contributed by atoms with Crippen LogP contribution in [0.4, 0.5) is 5.69 Å². The lowest BCUT2D eigenvalue weighted by molar-refractivity contribution is 0.0906. The Kier molecular flexibility index (Phi) is 6.25. The van der Waals surface area contributed by atoms with Crippen LogP contribution in [0.15, 0.2) is 59.4 Å². The normalized spacial score (nSPS) is 19.7. The van der Waals surface area contributed by atoms with Crippen molar-refractivity contribution in [2.75, 3.05) is 37.7 Å². The van der Waals surface area contributed by atoms with Gasteiger partial charge in [-0.25, -0.2) is 4.68 Å². The van der Waals surface area contributed by atoms with Gasteiger partial charge in [0.2, 0.25) is 0 Å². The molecule has 9 heteroatoms. The van der Waals surface area contributed by atoms with Crippen LogP contribution in [-0.4, -0.2) is 69.0 Å². The first-order chi connectivity index (χ1) is 17.7. The van der Waals surface area contributed by atoms with Gasteiger partial charge in [0.05, 0.1) is 12.6 Å². The third-order valence-electron chi connectivity index (χ3n) is 7.33. The number of nitrogens with one attached hydrogen (secondary N) is 1. The number of fused-ring (bicyclic) bond motifs is 1. The number of aryl methyl sites for hydroxylation is 1. The van der Waals surface area contributed by atoms with Crippen molar-refractivity contribution < 1.29 is 4.74 Å². The second kappa shape index (κ2) is 9.83. The van der Waals surface area contributed by atoms with Crippen LogP contribution in [0, 0.1) is 6.92 Å². The molecule has 0 saturated carbocycles. The van der Waals surface area contributed by atoms with Gasteiger partial charge < -0.3 is 14.6 Å². The maximum absolute atomic E-state index is 13.4. The number of pyridine rings is 1. The average molecular weight is 486 g/mol. The molecule has 6 rings (SSSR count). The molecule has 186 valence electrons. The van der Waals surface area contributed by atoms with Crippen molar-refractivity contribution >= 4 is 16.6 Å². The number of piperazine rings is 1. The predicted molar refractivity (Wildman–Crippen MR) is 138 cm³/mol. The molecular formula is C27H31N7O2. The van der Waals surface area contributed by atoms with Crippen LogP contribution < -0.4 is 10.5 Å². The Morgan fingerprint density at radius 3 is 2.69 bits per heavy atom. The number of rotatable bonds is 6. The minimum Gasteiger partial charge on any atom is -0.376 e. The Morgan fingerprint density at radius 2 is 1.92 bits per heavy atom. The van der Waals surface area contributed by atoms with Gasteiger partial charge in [0.15, 0.2) is 5.82 Å². The molecule has 36 heavy (non-hydrogen) atoms. The van der Waals surface area contributed by atoms with Crippen molar-refractivity contribution in [2.45, 2.75) is 38.5 Å². The van der Waals surface area contributed by atoms with Gasteiger partial charge in [0.1, 0.15) is 6.04 Å². The number of benzene rings is 2. The summed E-state index contributed by atoms with van der Waals surface area (Å²) < 4.78 is 7.70. The van der Waals surface area contributed by atoms with E-state index in [0.29, 0.717) is 17.9 Å². The van der Waals surface area contributed by atoms with Crippen molar-refractivity contribution in [3.05, 3.63) is 81.9 Å². The first-order valence-electron chi connectivity index (χ1n) is 12.7. The largest absolute Gasteiger partial charge is 0.376 e. The molecule has 4 heterocycles. The summed E-state index contributed by atoms with van der Waals surface area (Å²) in [6.45, 7) is 6.73. The number of ether oxygens (including phenoxy) is 1. The molecule has 2 aliphatic rings. The Hall–Kier alpha value is -3.56. The maximum atomic E-state index is 13.4. The van der Waals surface area contributed by atoms with E-state index in [-0.39, 0.29) is 17.7 Å². The smallest absolute Gasteiger partial charge is 0.253 e.